The number of halogens is 2. The van der Waals surface area contributed by atoms with E-state index < -0.39 is 0 Å². The van der Waals surface area contributed by atoms with Crippen LogP contribution in [0.4, 0.5) is 0 Å². The van der Waals surface area contributed by atoms with Gasteiger partial charge >= 0.3 is 0 Å². The topological polar surface area (TPSA) is 52.3 Å². The largest absolute Gasteiger partial charge is 0.491 e. The van der Waals surface area contributed by atoms with Crippen molar-refractivity contribution in [2.75, 3.05) is 12.4 Å². The fourth-order valence-corrected chi connectivity index (χ4v) is 2.76. The highest BCUT2D eigenvalue weighted by molar-refractivity contribution is 7.99. The van der Waals surface area contributed by atoms with E-state index in [0.29, 0.717) is 39.1 Å². The standard InChI is InChI=1S/C13H10Cl2N4OS/c14-9-2-3-11(10(15)8-9)20-6-7-21-13-17-12-16-4-1-5-19(12)18-13/h1-5,8H,6-7H2. The molecule has 0 unspecified atom stereocenters. The molecule has 21 heavy (non-hydrogen) atoms. The molecule has 0 fully saturated rings. The number of hydrogen-bond acceptors (Lipinski definition) is 5. The van der Waals surface area contributed by atoms with Crippen molar-refractivity contribution in [3.8, 4) is 5.75 Å². The zero-order valence-electron chi connectivity index (χ0n) is 10.7. The molecule has 2 aromatic heterocycles. The van der Waals surface area contributed by atoms with Gasteiger partial charge in [0.15, 0.2) is 0 Å². The highest BCUT2D eigenvalue weighted by Gasteiger charge is 2.06. The van der Waals surface area contributed by atoms with Gasteiger partial charge < -0.3 is 4.74 Å². The van der Waals surface area contributed by atoms with Crippen molar-refractivity contribution in [2.24, 2.45) is 0 Å². The Morgan fingerprint density at radius 2 is 2.19 bits per heavy atom. The molecule has 2 heterocycles. The van der Waals surface area contributed by atoms with E-state index in [4.69, 9.17) is 27.9 Å². The maximum Gasteiger partial charge on any atom is 0.253 e. The Bertz CT molecular complexity index is 732. The van der Waals surface area contributed by atoms with Gasteiger partial charge in [-0.2, -0.15) is 4.98 Å². The van der Waals surface area contributed by atoms with E-state index in [9.17, 15) is 0 Å². The Morgan fingerprint density at radius 1 is 1.29 bits per heavy atom. The Balaban J connectivity index is 1.54. The van der Waals surface area contributed by atoms with Crippen LogP contribution in [0.25, 0.3) is 5.78 Å². The lowest BCUT2D eigenvalue weighted by molar-refractivity contribution is 0.344. The quantitative estimate of drug-likeness (QED) is 0.524. The molecule has 3 rings (SSSR count). The number of aromatic nitrogens is 4. The average Bonchev–Trinajstić information content (AvgIpc) is 2.88. The van der Waals surface area contributed by atoms with Crippen molar-refractivity contribution in [2.45, 2.75) is 5.16 Å². The second-order valence-corrected chi connectivity index (χ2v) is 5.94. The lowest BCUT2D eigenvalue weighted by atomic mass is 10.3. The van der Waals surface area contributed by atoms with Gasteiger partial charge in [-0.25, -0.2) is 9.50 Å². The SMILES string of the molecule is Clc1ccc(OCCSc2nc3ncccn3n2)c(Cl)c1. The third kappa shape index (κ3) is 3.58. The van der Waals surface area contributed by atoms with Gasteiger partial charge in [0.2, 0.25) is 5.16 Å². The second-order valence-electron chi connectivity index (χ2n) is 4.03. The molecule has 0 atom stereocenters. The van der Waals surface area contributed by atoms with E-state index in [1.807, 2.05) is 12.3 Å². The maximum atomic E-state index is 6.03. The van der Waals surface area contributed by atoms with E-state index >= 15 is 0 Å². The van der Waals surface area contributed by atoms with Crippen molar-refractivity contribution in [1.82, 2.24) is 19.6 Å². The Hall–Kier alpha value is -1.50. The van der Waals surface area contributed by atoms with E-state index in [0.717, 1.165) is 0 Å². The van der Waals surface area contributed by atoms with Gasteiger partial charge in [-0.1, -0.05) is 35.0 Å². The summed E-state index contributed by atoms with van der Waals surface area (Å²) < 4.78 is 7.24. The first kappa shape index (κ1) is 14.4. The molecular formula is C13H10Cl2N4OS. The zero-order valence-corrected chi connectivity index (χ0v) is 13.1. The molecular weight excluding hydrogens is 331 g/mol. The second kappa shape index (κ2) is 6.51. The molecule has 0 saturated heterocycles. The first-order valence-corrected chi connectivity index (χ1v) is 7.84. The minimum atomic E-state index is 0.495. The van der Waals surface area contributed by atoms with E-state index in [1.54, 1.807) is 28.9 Å². The van der Waals surface area contributed by atoms with Gasteiger partial charge in [-0.15, -0.1) is 5.10 Å². The van der Waals surface area contributed by atoms with Crippen molar-refractivity contribution < 1.29 is 4.74 Å². The molecule has 0 saturated carbocycles. The molecule has 0 N–H and O–H groups in total. The van der Waals surface area contributed by atoms with Gasteiger partial charge in [0.1, 0.15) is 5.75 Å². The molecule has 8 heteroatoms. The summed E-state index contributed by atoms with van der Waals surface area (Å²) in [7, 11) is 0. The smallest absolute Gasteiger partial charge is 0.253 e. The summed E-state index contributed by atoms with van der Waals surface area (Å²) in [6, 6.07) is 6.95. The number of benzene rings is 1. The van der Waals surface area contributed by atoms with Crippen LogP contribution in [0.5, 0.6) is 5.75 Å². The Kier molecular flexibility index (Phi) is 4.48. The van der Waals surface area contributed by atoms with Crippen LogP contribution in [0.3, 0.4) is 0 Å². The Labute approximate surface area is 135 Å². The molecule has 0 aliphatic rings. The van der Waals surface area contributed by atoms with Crippen molar-refractivity contribution in [3.63, 3.8) is 0 Å². The van der Waals surface area contributed by atoms with Crippen LogP contribution in [0.2, 0.25) is 10.0 Å². The van der Waals surface area contributed by atoms with Crippen LogP contribution >= 0.6 is 35.0 Å². The fourth-order valence-electron chi connectivity index (χ4n) is 1.65. The third-order valence-corrected chi connectivity index (χ3v) is 3.90. The molecule has 0 amide bonds. The highest BCUT2D eigenvalue weighted by Crippen LogP contribution is 2.27. The molecule has 5 nitrogen and oxygen atoms in total. The summed E-state index contributed by atoms with van der Waals surface area (Å²) in [4.78, 5) is 8.40. The van der Waals surface area contributed by atoms with E-state index in [1.165, 1.54) is 11.8 Å². The molecule has 108 valence electrons. The summed E-state index contributed by atoms with van der Waals surface area (Å²) in [6.45, 7) is 0.495. The first-order valence-electron chi connectivity index (χ1n) is 6.10. The number of nitrogens with zero attached hydrogens (tertiary/aromatic N) is 4. The van der Waals surface area contributed by atoms with Gasteiger partial charge in [0.25, 0.3) is 5.78 Å². The third-order valence-electron chi connectivity index (χ3n) is 2.56. The average molecular weight is 341 g/mol. The Morgan fingerprint density at radius 3 is 3.00 bits per heavy atom. The van der Waals surface area contributed by atoms with Crippen LogP contribution in [-0.4, -0.2) is 31.9 Å². The molecule has 0 bridgehead atoms. The van der Waals surface area contributed by atoms with Crippen molar-refractivity contribution in [1.29, 1.82) is 0 Å². The number of ether oxygens (including phenoxy) is 1. The van der Waals surface area contributed by atoms with Gasteiger partial charge in [0.05, 0.1) is 11.6 Å². The van der Waals surface area contributed by atoms with Gasteiger partial charge in [-0.3, -0.25) is 0 Å². The lowest BCUT2D eigenvalue weighted by Gasteiger charge is -2.07. The summed E-state index contributed by atoms with van der Waals surface area (Å²) in [5.74, 6) is 1.91. The van der Waals surface area contributed by atoms with Gasteiger partial charge in [-0.05, 0) is 24.3 Å². The number of rotatable bonds is 5. The predicted octanol–water partition coefficient (Wildman–Crippen LogP) is 3.60. The predicted molar refractivity (Wildman–Crippen MR) is 83.5 cm³/mol. The summed E-state index contributed by atoms with van der Waals surface area (Å²) in [5.41, 5.74) is 0. The van der Waals surface area contributed by atoms with Crippen LogP contribution in [0.1, 0.15) is 0 Å². The van der Waals surface area contributed by atoms with Crippen molar-refractivity contribution in [3.05, 3.63) is 46.7 Å². The van der Waals surface area contributed by atoms with Crippen LogP contribution in [0, 0.1) is 0 Å². The monoisotopic (exact) mass is 340 g/mol. The zero-order chi connectivity index (χ0) is 14.7. The number of thioether (sulfide) groups is 1. The highest BCUT2D eigenvalue weighted by atomic mass is 35.5. The van der Waals surface area contributed by atoms with Crippen LogP contribution < -0.4 is 4.74 Å². The molecule has 0 spiro atoms. The van der Waals surface area contributed by atoms with Gasteiger partial charge in [0, 0.05) is 23.2 Å². The number of fused-ring (bicyclic) bond motifs is 1. The molecule has 1 aromatic carbocycles. The van der Waals surface area contributed by atoms with E-state index in [-0.39, 0.29) is 0 Å². The molecule has 3 aromatic rings. The summed E-state index contributed by atoms with van der Waals surface area (Å²) >= 11 is 13.4. The minimum absolute atomic E-state index is 0.495. The first-order chi connectivity index (χ1) is 10.2. The number of hydrogen-bond donors (Lipinski definition) is 0. The molecule has 0 aliphatic carbocycles. The van der Waals surface area contributed by atoms with Crippen LogP contribution in [-0.2, 0) is 0 Å². The van der Waals surface area contributed by atoms with Crippen LogP contribution in [0.15, 0.2) is 41.8 Å². The normalized spacial score (nSPS) is 11.0. The van der Waals surface area contributed by atoms with E-state index in [2.05, 4.69) is 15.1 Å². The lowest BCUT2D eigenvalue weighted by Crippen LogP contribution is -2.00. The van der Waals surface area contributed by atoms with Crippen molar-refractivity contribution >= 4 is 40.7 Å². The fraction of sp³-hybridized carbons (Fsp3) is 0.154. The summed E-state index contributed by atoms with van der Waals surface area (Å²) in [5, 5.41) is 6.05. The maximum absolute atomic E-state index is 6.03. The molecule has 0 radical (unpaired) electrons. The summed E-state index contributed by atoms with van der Waals surface area (Å²) in [6.07, 6.45) is 3.49. The molecule has 0 aliphatic heterocycles. The minimum Gasteiger partial charge on any atom is -0.491 e.